The lowest BCUT2D eigenvalue weighted by Gasteiger charge is -2.26. The number of hydrogen-bond acceptors (Lipinski definition) is 4. The van der Waals surface area contributed by atoms with Gasteiger partial charge in [0.2, 0.25) is 10.0 Å². The molecule has 1 aliphatic heterocycles. The van der Waals surface area contributed by atoms with E-state index in [1.165, 1.54) is 6.92 Å². The van der Waals surface area contributed by atoms with E-state index < -0.39 is 15.3 Å². The van der Waals surface area contributed by atoms with Gasteiger partial charge in [0.25, 0.3) is 0 Å². The molecular weight excluding hydrogens is 250 g/mol. The van der Waals surface area contributed by atoms with Crippen LogP contribution in [0.1, 0.15) is 32.6 Å². The molecule has 2 atom stereocenters. The molecule has 0 radical (unpaired) electrons. The predicted octanol–water partition coefficient (Wildman–Crippen LogP) is 0.692. The second-order valence-corrected chi connectivity index (χ2v) is 7.62. The van der Waals surface area contributed by atoms with Gasteiger partial charge < -0.3 is 5.32 Å². The van der Waals surface area contributed by atoms with Gasteiger partial charge >= 0.3 is 0 Å². The summed E-state index contributed by atoms with van der Waals surface area (Å²) >= 11 is 0. The van der Waals surface area contributed by atoms with Gasteiger partial charge in [-0.2, -0.15) is 9.57 Å². The molecule has 0 spiro atoms. The summed E-state index contributed by atoms with van der Waals surface area (Å²) in [7, 11) is -3.46. The Morgan fingerprint density at radius 1 is 1.39 bits per heavy atom. The van der Waals surface area contributed by atoms with Gasteiger partial charge in [-0.1, -0.05) is 0 Å². The van der Waals surface area contributed by atoms with Crippen molar-refractivity contribution >= 4 is 10.0 Å². The Morgan fingerprint density at radius 3 is 2.61 bits per heavy atom. The van der Waals surface area contributed by atoms with Gasteiger partial charge in [-0.15, -0.1) is 0 Å². The highest BCUT2D eigenvalue weighted by molar-refractivity contribution is 7.89. The van der Waals surface area contributed by atoms with Crippen molar-refractivity contribution in [1.29, 1.82) is 5.26 Å². The number of rotatable bonds is 6. The van der Waals surface area contributed by atoms with E-state index in [-0.39, 0.29) is 6.04 Å². The molecule has 1 saturated carbocycles. The van der Waals surface area contributed by atoms with Crippen LogP contribution in [0.15, 0.2) is 0 Å². The summed E-state index contributed by atoms with van der Waals surface area (Å²) in [5.41, 5.74) is 0. The van der Waals surface area contributed by atoms with Crippen molar-refractivity contribution in [3.63, 3.8) is 0 Å². The predicted molar refractivity (Wildman–Crippen MR) is 69.3 cm³/mol. The van der Waals surface area contributed by atoms with Crippen LogP contribution in [0.5, 0.6) is 0 Å². The minimum Gasteiger partial charge on any atom is -0.313 e. The SMILES string of the molecule is CC(C#N)S(=O)(=O)N(CC1CC1)CC1CCCN1. The molecule has 5 nitrogen and oxygen atoms in total. The van der Waals surface area contributed by atoms with E-state index in [1.54, 1.807) is 4.31 Å². The third-order valence-electron chi connectivity index (χ3n) is 3.73. The molecule has 18 heavy (non-hydrogen) atoms. The van der Waals surface area contributed by atoms with Crippen LogP contribution < -0.4 is 5.32 Å². The van der Waals surface area contributed by atoms with Crippen molar-refractivity contribution in [2.45, 2.75) is 43.9 Å². The zero-order chi connectivity index (χ0) is 13.2. The molecule has 6 heteroatoms. The molecular formula is C12H21N3O2S. The summed E-state index contributed by atoms with van der Waals surface area (Å²) in [6.07, 6.45) is 4.36. The lowest BCUT2D eigenvalue weighted by molar-refractivity contribution is 0.357. The van der Waals surface area contributed by atoms with Crippen molar-refractivity contribution in [3.8, 4) is 6.07 Å². The lowest BCUT2D eigenvalue weighted by Crippen LogP contribution is -2.45. The molecule has 102 valence electrons. The summed E-state index contributed by atoms with van der Waals surface area (Å²) in [4.78, 5) is 0. The van der Waals surface area contributed by atoms with Crippen LogP contribution >= 0.6 is 0 Å². The fourth-order valence-corrected chi connectivity index (χ4v) is 3.71. The van der Waals surface area contributed by atoms with Crippen LogP contribution in [0.25, 0.3) is 0 Å². The maximum Gasteiger partial charge on any atom is 0.230 e. The molecule has 0 amide bonds. The summed E-state index contributed by atoms with van der Waals surface area (Å²) < 4.78 is 26.1. The molecule has 0 aromatic rings. The van der Waals surface area contributed by atoms with E-state index in [0.717, 1.165) is 32.2 Å². The lowest BCUT2D eigenvalue weighted by atomic mass is 10.2. The van der Waals surface area contributed by atoms with Crippen LogP contribution in [0.2, 0.25) is 0 Å². The Kier molecular flexibility index (Phi) is 4.25. The smallest absolute Gasteiger partial charge is 0.230 e. The summed E-state index contributed by atoms with van der Waals surface area (Å²) in [6, 6.07) is 2.11. The van der Waals surface area contributed by atoms with Crippen LogP contribution in [-0.4, -0.2) is 43.6 Å². The monoisotopic (exact) mass is 271 g/mol. The van der Waals surface area contributed by atoms with E-state index >= 15 is 0 Å². The maximum absolute atomic E-state index is 12.3. The molecule has 1 N–H and O–H groups in total. The number of nitrogens with zero attached hydrogens (tertiary/aromatic N) is 2. The highest BCUT2D eigenvalue weighted by atomic mass is 32.2. The van der Waals surface area contributed by atoms with E-state index in [4.69, 9.17) is 5.26 Å². The number of hydrogen-bond donors (Lipinski definition) is 1. The summed E-state index contributed by atoms with van der Waals surface area (Å²) in [5, 5.41) is 11.2. The maximum atomic E-state index is 12.3. The van der Waals surface area contributed by atoms with Gasteiger partial charge in [0, 0.05) is 19.1 Å². The Balaban J connectivity index is 2.05. The van der Waals surface area contributed by atoms with Crippen molar-refractivity contribution in [2.24, 2.45) is 5.92 Å². The molecule has 2 fully saturated rings. The number of nitrogens with one attached hydrogen (secondary N) is 1. The van der Waals surface area contributed by atoms with E-state index in [2.05, 4.69) is 5.32 Å². The minimum atomic E-state index is -3.46. The number of nitriles is 1. The summed E-state index contributed by atoms with van der Waals surface area (Å²) in [6.45, 7) is 3.55. The Bertz CT molecular complexity index is 419. The minimum absolute atomic E-state index is 0.254. The molecule has 0 aromatic carbocycles. The Labute approximate surface area is 109 Å². The first-order valence-electron chi connectivity index (χ1n) is 6.66. The van der Waals surface area contributed by atoms with Crippen LogP contribution in [0.3, 0.4) is 0 Å². The van der Waals surface area contributed by atoms with Crippen molar-refractivity contribution in [1.82, 2.24) is 9.62 Å². The van der Waals surface area contributed by atoms with Gasteiger partial charge in [-0.05, 0) is 45.1 Å². The Morgan fingerprint density at radius 2 is 2.11 bits per heavy atom. The molecule has 1 saturated heterocycles. The standard InChI is InChI=1S/C12H21N3O2S/c1-10(7-13)18(16,17)15(8-11-4-5-11)9-12-3-2-6-14-12/h10-12,14H,2-6,8-9H2,1H3. The van der Waals surface area contributed by atoms with E-state index in [9.17, 15) is 8.42 Å². The fraction of sp³-hybridized carbons (Fsp3) is 0.917. The van der Waals surface area contributed by atoms with Gasteiger partial charge in [-0.25, -0.2) is 8.42 Å². The van der Waals surface area contributed by atoms with E-state index in [0.29, 0.717) is 19.0 Å². The molecule has 0 aromatic heterocycles. The van der Waals surface area contributed by atoms with Crippen molar-refractivity contribution in [3.05, 3.63) is 0 Å². The average molecular weight is 271 g/mol. The quantitative estimate of drug-likeness (QED) is 0.771. The van der Waals surface area contributed by atoms with Crippen LogP contribution in [0.4, 0.5) is 0 Å². The molecule has 0 bridgehead atoms. The van der Waals surface area contributed by atoms with Crippen molar-refractivity contribution < 1.29 is 8.42 Å². The third kappa shape index (κ3) is 3.22. The molecule has 2 aliphatic rings. The average Bonchev–Trinajstić information content (AvgIpc) is 3.01. The topological polar surface area (TPSA) is 73.2 Å². The molecule has 2 rings (SSSR count). The largest absolute Gasteiger partial charge is 0.313 e. The zero-order valence-electron chi connectivity index (χ0n) is 10.8. The van der Waals surface area contributed by atoms with Gasteiger partial charge in [-0.3, -0.25) is 0 Å². The number of sulfonamides is 1. The van der Waals surface area contributed by atoms with Gasteiger partial charge in [0.1, 0.15) is 0 Å². The summed E-state index contributed by atoms with van der Waals surface area (Å²) in [5.74, 6) is 0.507. The second kappa shape index (κ2) is 5.55. The molecule has 1 heterocycles. The second-order valence-electron chi connectivity index (χ2n) is 5.37. The first kappa shape index (κ1) is 13.8. The molecule has 2 unspecified atom stereocenters. The first-order valence-corrected chi connectivity index (χ1v) is 8.16. The van der Waals surface area contributed by atoms with Crippen LogP contribution in [0, 0.1) is 17.2 Å². The Hall–Kier alpha value is -0.640. The highest BCUT2D eigenvalue weighted by Crippen LogP contribution is 2.31. The molecule has 1 aliphatic carbocycles. The normalized spacial score (nSPS) is 26.2. The first-order chi connectivity index (χ1) is 8.54. The third-order valence-corrected chi connectivity index (χ3v) is 5.75. The zero-order valence-corrected chi connectivity index (χ0v) is 11.6. The fourth-order valence-electron chi connectivity index (χ4n) is 2.32. The van der Waals surface area contributed by atoms with E-state index in [1.807, 2.05) is 6.07 Å². The van der Waals surface area contributed by atoms with Crippen LogP contribution in [-0.2, 0) is 10.0 Å². The van der Waals surface area contributed by atoms with Crippen molar-refractivity contribution in [2.75, 3.05) is 19.6 Å². The van der Waals surface area contributed by atoms with Gasteiger partial charge in [0.15, 0.2) is 5.25 Å². The van der Waals surface area contributed by atoms with Gasteiger partial charge in [0.05, 0.1) is 6.07 Å². The highest BCUT2D eigenvalue weighted by Gasteiger charge is 2.35.